The smallest absolute Gasteiger partial charge is 0.317 e. The van der Waals surface area contributed by atoms with Gasteiger partial charge in [-0.3, -0.25) is 0 Å². The number of aromatic nitrogens is 4. The first-order valence-electron chi connectivity index (χ1n) is 8.71. The second kappa shape index (κ2) is 7.51. The van der Waals surface area contributed by atoms with Crippen molar-refractivity contribution in [2.24, 2.45) is 0 Å². The van der Waals surface area contributed by atoms with Crippen molar-refractivity contribution in [3.8, 4) is 0 Å². The standard InChI is InChI=1S/C19H24N6O/c1-5-25-14(3)20-10-15(25)11-21-19(26)24(4)12-18-22-13(2)16-8-6-7-9-17(16)23-18/h6-10H,5,11-12H2,1-4H3,(H,21,26). The van der Waals surface area contributed by atoms with E-state index in [0.717, 1.165) is 34.7 Å². The Bertz CT molecular complexity index is 933. The lowest BCUT2D eigenvalue weighted by molar-refractivity contribution is 0.205. The lowest BCUT2D eigenvalue weighted by atomic mass is 10.2. The molecule has 0 bridgehead atoms. The van der Waals surface area contributed by atoms with Crippen molar-refractivity contribution >= 4 is 16.9 Å². The number of urea groups is 1. The van der Waals surface area contributed by atoms with E-state index >= 15 is 0 Å². The molecule has 0 unspecified atom stereocenters. The number of nitrogens with zero attached hydrogens (tertiary/aromatic N) is 5. The van der Waals surface area contributed by atoms with Crippen LogP contribution in [0.25, 0.3) is 10.9 Å². The number of aryl methyl sites for hydroxylation is 2. The lowest BCUT2D eigenvalue weighted by Crippen LogP contribution is -2.37. The van der Waals surface area contributed by atoms with Gasteiger partial charge in [-0.2, -0.15) is 0 Å². The summed E-state index contributed by atoms with van der Waals surface area (Å²) in [6, 6.07) is 7.72. The second-order valence-corrected chi connectivity index (χ2v) is 6.30. The minimum absolute atomic E-state index is 0.166. The Hall–Kier alpha value is -2.96. The van der Waals surface area contributed by atoms with Gasteiger partial charge >= 0.3 is 6.03 Å². The van der Waals surface area contributed by atoms with Gasteiger partial charge in [0.25, 0.3) is 0 Å². The van der Waals surface area contributed by atoms with E-state index in [4.69, 9.17) is 0 Å². The highest BCUT2D eigenvalue weighted by Crippen LogP contribution is 2.15. The zero-order valence-electron chi connectivity index (χ0n) is 15.7. The predicted octanol–water partition coefficient (Wildman–Crippen LogP) is 2.80. The SMILES string of the molecule is CCn1c(CNC(=O)N(C)Cc2nc(C)c3ccccc3n2)cnc1C. The van der Waals surface area contributed by atoms with Crippen molar-refractivity contribution in [3.63, 3.8) is 0 Å². The molecule has 2 aromatic heterocycles. The molecule has 0 fully saturated rings. The van der Waals surface area contributed by atoms with Crippen LogP contribution in [0, 0.1) is 13.8 Å². The number of amides is 2. The van der Waals surface area contributed by atoms with E-state index in [9.17, 15) is 4.79 Å². The maximum Gasteiger partial charge on any atom is 0.317 e. The topological polar surface area (TPSA) is 75.9 Å². The highest BCUT2D eigenvalue weighted by molar-refractivity contribution is 5.80. The van der Waals surface area contributed by atoms with Crippen LogP contribution in [0.1, 0.15) is 30.0 Å². The molecule has 7 nitrogen and oxygen atoms in total. The number of hydrogen-bond acceptors (Lipinski definition) is 4. The maximum atomic E-state index is 12.4. The van der Waals surface area contributed by atoms with Crippen LogP contribution in [0.5, 0.6) is 0 Å². The van der Waals surface area contributed by atoms with Gasteiger partial charge in [0.05, 0.1) is 30.5 Å². The molecule has 0 aliphatic heterocycles. The van der Waals surface area contributed by atoms with Gasteiger partial charge in [-0.25, -0.2) is 19.7 Å². The van der Waals surface area contributed by atoms with Crippen molar-refractivity contribution in [3.05, 3.63) is 53.5 Å². The zero-order valence-corrected chi connectivity index (χ0v) is 15.7. The highest BCUT2D eigenvalue weighted by Gasteiger charge is 2.13. The van der Waals surface area contributed by atoms with E-state index in [1.807, 2.05) is 38.1 Å². The van der Waals surface area contributed by atoms with E-state index in [1.165, 1.54) is 0 Å². The fourth-order valence-electron chi connectivity index (χ4n) is 3.04. The Balaban J connectivity index is 1.65. The third kappa shape index (κ3) is 3.66. The molecule has 1 N–H and O–H groups in total. The maximum absolute atomic E-state index is 12.4. The van der Waals surface area contributed by atoms with E-state index in [1.54, 1.807) is 18.1 Å². The van der Waals surface area contributed by atoms with E-state index in [2.05, 4.69) is 31.8 Å². The third-order valence-electron chi connectivity index (χ3n) is 4.44. The van der Waals surface area contributed by atoms with Crippen molar-refractivity contribution in [1.82, 2.24) is 29.7 Å². The number of carbonyl (C=O) groups excluding carboxylic acids is 1. The van der Waals surface area contributed by atoms with Crippen LogP contribution in [0.4, 0.5) is 4.79 Å². The van der Waals surface area contributed by atoms with Crippen molar-refractivity contribution in [2.75, 3.05) is 7.05 Å². The predicted molar refractivity (Wildman–Crippen MR) is 101 cm³/mol. The summed E-state index contributed by atoms with van der Waals surface area (Å²) < 4.78 is 2.08. The van der Waals surface area contributed by atoms with E-state index in [0.29, 0.717) is 18.9 Å². The molecule has 7 heteroatoms. The number of fused-ring (bicyclic) bond motifs is 1. The molecule has 2 heterocycles. The summed E-state index contributed by atoms with van der Waals surface area (Å²) in [5, 5.41) is 3.96. The third-order valence-corrected chi connectivity index (χ3v) is 4.44. The fourth-order valence-corrected chi connectivity index (χ4v) is 3.04. The van der Waals surface area contributed by atoms with E-state index < -0.39 is 0 Å². The number of benzene rings is 1. The molecule has 0 saturated heterocycles. The van der Waals surface area contributed by atoms with Crippen LogP contribution < -0.4 is 5.32 Å². The zero-order chi connectivity index (χ0) is 18.7. The average molecular weight is 352 g/mol. The van der Waals surface area contributed by atoms with Crippen LogP contribution in [-0.4, -0.2) is 37.5 Å². The first-order chi connectivity index (χ1) is 12.5. The lowest BCUT2D eigenvalue weighted by Gasteiger charge is -2.18. The molecule has 0 atom stereocenters. The summed E-state index contributed by atoms with van der Waals surface area (Å²) in [6.07, 6.45) is 1.80. The van der Waals surface area contributed by atoms with Crippen LogP contribution in [0.3, 0.4) is 0 Å². The molecule has 136 valence electrons. The minimum Gasteiger partial charge on any atom is -0.332 e. The van der Waals surface area contributed by atoms with Gasteiger partial charge in [-0.15, -0.1) is 0 Å². The Labute approximate surface area is 153 Å². The van der Waals surface area contributed by atoms with Crippen LogP contribution in [0.15, 0.2) is 30.5 Å². The van der Waals surface area contributed by atoms with Gasteiger partial charge < -0.3 is 14.8 Å². The molecule has 3 rings (SSSR count). The molecule has 0 aliphatic carbocycles. The molecule has 0 aliphatic rings. The monoisotopic (exact) mass is 352 g/mol. The molecule has 2 amide bonds. The van der Waals surface area contributed by atoms with Gasteiger partial charge in [0.2, 0.25) is 0 Å². The van der Waals surface area contributed by atoms with Gasteiger partial charge in [0.15, 0.2) is 0 Å². The number of nitrogens with one attached hydrogen (secondary N) is 1. The molecule has 0 radical (unpaired) electrons. The molecule has 1 aromatic carbocycles. The number of rotatable bonds is 5. The Kier molecular flexibility index (Phi) is 5.16. The summed E-state index contributed by atoms with van der Waals surface area (Å²) in [5.74, 6) is 1.58. The summed E-state index contributed by atoms with van der Waals surface area (Å²) in [7, 11) is 1.74. The summed E-state index contributed by atoms with van der Waals surface area (Å²) in [6.45, 7) is 7.60. The fraction of sp³-hybridized carbons (Fsp3) is 0.368. The molecule has 26 heavy (non-hydrogen) atoms. The normalized spacial score (nSPS) is 10.9. The minimum atomic E-state index is -0.166. The second-order valence-electron chi connectivity index (χ2n) is 6.30. The number of imidazole rings is 1. The summed E-state index contributed by atoms with van der Waals surface area (Å²) in [5.41, 5.74) is 2.80. The average Bonchev–Trinajstić information content (AvgIpc) is 2.99. The van der Waals surface area contributed by atoms with Crippen molar-refractivity contribution in [2.45, 2.75) is 40.4 Å². The molecular formula is C19H24N6O. The Morgan fingerprint density at radius 3 is 2.77 bits per heavy atom. The van der Waals surface area contributed by atoms with Gasteiger partial charge in [0, 0.05) is 24.7 Å². The molecule has 3 aromatic rings. The quantitative estimate of drug-likeness (QED) is 0.766. The number of carbonyl (C=O) groups is 1. The first-order valence-corrected chi connectivity index (χ1v) is 8.71. The van der Waals surface area contributed by atoms with Crippen molar-refractivity contribution in [1.29, 1.82) is 0 Å². The largest absolute Gasteiger partial charge is 0.332 e. The van der Waals surface area contributed by atoms with Crippen LogP contribution in [0.2, 0.25) is 0 Å². The van der Waals surface area contributed by atoms with Crippen LogP contribution in [-0.2, 0) is 19.6 Å². The molecule has 0 spiro atoms. The van der Waals surface area contributed by atoms with Gasteiger partial charge in [0.1, 0.15) is 11.6 Å². The van der Waals surface area contributed by atoms with Crippen LogP contribution >= 0.6 is 0 Å². The Morgan fingerprint density at radius 1 is 1.23 bits per heavy atom. The Morgan fingerprint density at radius 2 is 2.00 bits per heavy atom. The van der Waals surface area contributed by atoms with Gasteiger partial charge in [-0.05, 0) is 26.8 Å². The van der Waals surface area contributed by atoms with E-state index in [-0.39, 0.29) is 6.03 Å². The number of hydrogen-bond donors (Lipinski definition) is 1. The molecular weight excluding hydrogens is 328 g/mol. The first kappa shape index (κ1) is 17.8. The van der Waals surface area contributed by atoms with Crippen molar-refractivity contribution < 1.29 is 4.79 Å². The highest BCUT2D eigenvalue weighted by atomic mass is 16.2. The number of para-hydroxylation sites is 1. The van der Waals surface area contributed by atoms with Gasteiger partial charge in [-0.1, -0.05) is 18.2 Å². The molecule has 0 saturated carbocycles. The summed E-state index contributed by atoms with van der Waals surface area (Å²) >= 11 is 0. The summed E-state index contributed by atoms with van der Waals surface area (Å²) in [4.78, 5) is 27.4.